The molecule has 2 N–H and O–H groups in total. The molecule has 100 valence electrons. The molecule has 1 saturated carbocycles. The van der Waals surface area contributed by atoms with Crippen LogP contribution in [0.25, 0.3) is 0 Å². The van der Waals surface area contributed by atoms with Crippen molar-refractivity contribution < 1.29 is 5.11 Å². The highest BCUT2D eigenvalue weighted by molar-refractivity contribution is 5.22. The lowest BCUT2D eigenvalue weighted by molar-refractivity contribution is 0.282. The van der Waals surface area contributed by atoms with Crippen LogP contribution in [0, 0.1) is 5.92 Å². The molecule has 1 aromatic carbocycles. The van der Waals surface area contributed by atoms with Gasteiger partial charge in [0.25, 0.3) is 0 Å². The summed E-state index contributed by atoms with van der Waals surface area (Å²) in [4.78, 5) is 0. The van der Waals surface area contributed by atoms with E-state index in [4.69, 9.17) is 5.11 Å². The van der Waals surface area contributed by atoms with E-state index in [9.17, 15) is 0 Å². The molecule has 1 aliphatic carbocycles. The fraction of sp³-hybridized carbons (Fsp3) is 0.625. The number of benzene rings is 1. The van der Waals surface area contributed by atoms with Crippen LogP contribution in [0.4, 0.5) is 0 Å². The summed E-state index contributed by atoms with van der Waals surface area (Å²) in [6.07, 6.45) is 6.71. The first kappa shape index (κ1) is 13.6. The predicted octanol–water partition coefficient (Wildman–Crippen LogP) is 2.89. The van der Waals surface area contributed by atoms with E-state index in [1.165, 1.54) is 31.2 Å². The van der Waals surface area contributed by atoms with Gasteiger partial charge in [0.1, 0.15) is 0 Å². The second kappa shape index (κ2) is 6.91. The van der Waals surface area contributed by atoms with Crippen molar-refractivity contribution in [1.82, 2.24) is 5.32 Å². The van der Waals surface area contributed by atoms with Crippen LogP contribution < -0.4 is 5.32 Å². The van der Waals surface area contributed by atoms with Gasteiger partial charge in [0, 0.05) is 6.04 Å². The van der Waals surface area contributed by atoms with Crippen LogP contribution >= 0.6 is 0 Å². The topological polar surface area (TPSA) is 32.3 Å². The molecule has 1 unspecified atom stereocenters. The van der Waals surface area contributed by atoms with Gasteiger partial charge in [-0.2, -0.15) is 0 Å². The minimum absolute atomic E-state index is 0.136. The van der Waals surface area contributed by atoms with Gasteiger partial charge in [0.15, 0.2) is 0 Å². The lowest BCUT2D eigenvalue weighted by Crippen LogP contribution is -2.33. The molecule has 1 atom stereocenters. The minimum Gasteiger partial charge on any atom is -0.392 e. The largest absolute Gasteiger partial charge is 0.392 e. The Kier molecular flexibility index (Phi) is 5.21. The van der Waals surface area contributed by atoms with Crippen molar-refractivity contribution in [3.05, 3.63) is 35.4 Å². The highest BCUT2D eigenvalue weighted by Crippen LogP contribution is 2.27. The van der Waals surface area contributed by atoms with Crippen LogP contribution in [0.1, 0.15) is 43.7 Å². The first-order valence-corrected chi connectivity index (χ1v) is 7.21. The van der Waals surface area contributed by atoms with Gasteiger partial charge in [0.05, 0.1) is 6.61 Å². The van der Waals surface area contributed by atoms with Crippen molar-refractivity contribution in [2.75, 3.05) is 6.54 Å². The molecule has 0 aromatic heterocycles. The van der Waals surface area contributed by atoms with E-state index in [0.29, 0.717) is 6.04 Å². The Bertz CT molecular complexity index is 341. The van der Waals surface area contributed by atoms with Gasteiger partial charge < -0.3 is 10.4 Å². The van der Waals surface area contributed by atoms with E-state index in [2.05, 4.69) is 24.4 Å². The molecule has 18 heavy (non-hydrogen) atoms. The van der Waals surface area contributed by atoms with E-state index in [0.717, 1.165) is 24.4 Å². The van der Waals surface area contributed by atoms with Gasteiger partial charge in [-0.15, -0.1) is 0 Å². The SMILES string of the molecule is CC(NCCc1ccc(CO)cc1)C1CCCC1. The molecule has 0 bridgehead atoms. The van der Waals surface area contributed by atoms with Crippen molar-refractivity contribution in [2.45, 2.75) is 51.7 Å². The smallest absolute Gasteiger partial charge is 0.0681 e. The Labute approximate surface area is 110 Å². The van der Waals surface area contributed by atoms with Crippen molar-refractivity contribution in [3.63, 3.8) is 0 Å². The summed E-state index contributed by atoms with van der Waals surface area (Å²) < 4.78 is 0. The summed E-state index contributed by atoms with van der Waals surface area (Å²) in [5, 5.41) is 12.6. The fourth-order valence-electron chi connectivity index (χ4n) is 2.88. The fourth-order valence-corrected chi connectivity index (χ4v) is 2.88. The summed E-state index contributed by atoms with van der Waals surface area (Å²) in [7, 11) is 0. The molecular weight excluding hydrogens is 222 g/mol. The maximum Gasteiger partial charge on any atom is 0.0681 e. The number of hydrogen-bond acceptors (Lipinski definition) is 2. The van der Waals surface area contributed by atoms with E-state index in [1.807, 2.05) is 12.1 Å². The highest BCUT2D eigenvalue weighted by atomic mass is 16.3. The molecule has 0 heterocycles. The lowest BCUT2D eigenvalue weighted by atomic mass is 9.99. The minimum atomic E-state index is 0.136. The molecule has 1 aromatic rings. The Balaban J connectivity index is 1.70. The Morgan fingerprint density at radius 2 is 1.78 bits per heavy atom. The third-order valence-electron chi connectivity index (χ3n) is 4.19. The highest BCUT2D eigenvalue weighted by Gasteiger charge is 2.20. The Hall–Kier alpha value is -0.860. The summed E-state index contributed by atoms with van der Waals surface area (Å²) in [5.41, 5.74) is 2.34. The van der Waals surface area contributed by atoms with Crippen molar-refractivity contribution in [1.29, 1.82) is 0 Å². The van der Waals surface area contributed by atoms with Gasteiger partial charge in [-0.3, -0.25) is 0 Å². The van der Waals surface area contributed by atoms with Crippen LogP contribution in [0.2, 0.25) is 0 Å². The van der Waals surface area contributed by atoms with Crippen LogP contribution in [-0.2, 0) is 13.0 Å². The number of aliphatic hydroxyl groups is 1. The summed E-state index contributed by atoms with van der Waals surface area (Å²) in [5.74, 6) is 0.891. The Morgan fingerprint density at radius 3 is 2.39 bits per heavy atom. The second-order valence-corrected chi connectivity index (χ2v) is 5.51. The summed E-state index contributed by atoms with van der Waals surface area (Å²) in [6.45, 7) is 3.51. The van der Waals surface area contributed by atoms with Crippen molar-refractivity contribution >= 4 is 0 Å². The van der Waals surface area contributed by atoms with E-state index in [1.54, 1.807) is 0 Å². The third-order valence-corrected chi connectivity index (χ3v) is 4.19. The molecule has 2 heteroatoms. The number of rotatable bonds is 6. The molecule has 0 aliphatic heterocycles. The lowest BCUT2D eigenvalue weighted by Gasteiger charge is -2.20. The van der Waals surface area contributed by atoms with Crippen LogP contribution in [0.5, 0.6) is 0 Å². The quantitative estimate of drug-likeness (QED) is 0.810. The van der Waals surface area contributed by atoms with E-state index in [-0.39, 0.29) is 6.61 Å². The zero-order valence-electron chi connectivity index (χ0n) is 11.4. The molecule has 0 radical (unpaired) electrons. The van der Waals surface area contributed by atoms with Gasteiger partial charge in [-0.1, -0.05) is 37.1 Å². The molecule has 2 rings (SSSR count). The first-order chi connectivity index (χ1) is 8.79. The summed E-state index contributed by atoms with van der Waals surface area (Å²) >= 11 is 0. The van der Waals surface area contributed by atoms with E-state index >= 15 is 0 Å². The Morgan fingerprint density at radius 1 is 1.17 bits per heavy atom. The molecule has 1 fully saturated rings. The molecule has 1 aliphatic rings. The number of nitrogens with one attached hydrogen (secondary N) is 1. The molecule has 0 spiro atoms. The molecule has 2 nitrogen and oxygen atoms in total. The van der Waals surface area contributed by atoms with Gasteiger partial charge in [-0.25, -0.2) is 0 Å². The van der Waals surface area contributed by atoms with E-state index < -0.39 is 0 Å². The van der Waals surface area contributed by atoms with Gasteiger partial charge in [-0.05, 0) is 49.8 Å². The summed E-state index contributed by atoms with van der Waals surface area (Å²) in [6, 6.07) is 8.91. The van der Waals surface area contributed by atoms with Crippen molar-refractivity contribution in [2.24, 2.45) is 5.92 Å². The molecular formula is C16H25NO. The number of aliphatic hydroxyl groups excluding tert-OH is 1. The predicted molar refractivity (Wildman–Crippen MR) is 75.5 cm³/mol. The zero-order chi connectivity index (χ0) is 12.8. The van der Waals surface area contributed by atoms with Crippen molar-refractivity contribution in [3.8, 4) is 0 Å². The van der Waals surface area contributed by atoms with Gasteiger partial charge >= 0.3 is 0 Å². The van der Waals surface area contributed by atoms with Crippen LogP contribution in [0.3, 0.4) is 0 Å². The molecule has 0 saturated heterocycles. The normalized spacial score (nSPS) is 18.1. The number of hydrogen-bond donors (Lipinski definition) is 2. The third kappa shape index (κ3) is 3.82. The average Bonchev–Trinajstić information content (AvgIpc) is 2.93. The monoisotopic (exact) mass is 247 g/mol. The maximum absolute atomic E-state index is 8.99. The first-order valence-electron chi connectivity index (χ1n) is 7.21. The van der Waals surface area contributed by atoms with Gasteiger partial charge in [0.2, 0.25) is 0 Å². The van der Waals surface area contributed by atoms with Crippen LogP contribution in [-0.4, -0.2) is 17.7 Å². The van der Waals surface area contributed by atoms with Crippen LogP contribution in [0.15, 0.2) is 24.3 Å². The standard InChI is InChI=1S/C16H25NO/c1-13(16-4-2-3-5-16)17-11-10-14-6-8-15(12-18)9-7-14/h6-9,13,16-18H,2-5,10-12H2,1H3. The maximum atomic E-state index is 8.99. The molecule has 0 amide bonds. The zero-order valence-corrected chi connectivity index (χ0v) is 11.4. The average molecular weight is 247 g/mol. The second-order valence-electron chi connectivity index (χ2n) is 5.51.